The molecule has 1 fully saturated rings. The van der Waals surface area contributed by atoms with E-state index < -0.39 is 0 Å². The molecule has 0 unspecified atom stereocenters. The van der Waals surface area contributed by atoms with Gasteiger partial charge < -0.3 is 19.7 Å². The molecule has 0 bridgehead atoms. The summed E-state index contributed by atoms with van der Waals surface area (Å²) in [6.07, 6.45) is 1.35. The number of cyclic esters (lactones) is 1. The van der Waals surface area contributed by atoms with E-state index in [1.54, 1.807) is 36.5 Å². The summed E-state index contributed by atoms with van der Waals surface area (Å²) in [5.41, 5.74) is 1.79. The van der Waals surface area contributed by atoms with Crippen LogP contribution in [0.25, 0.3) is 0 Å². The third-order valence-electron chi connectivity index (χ3n) is 4.03. The highest BCUT2D eigenvalue weighted by atomic mass is 16.6. The van der Waals surface area contributed by atoms with Crippen LogP contribution in [0.2, 0.25) is 0 Å². The first-order chi connectivity index (χ1) is 13.1. The van der Waals surface area contributed by atoms with Gasteiger partial charge >= 0.3 is 6.09 Å². The van der Waals surface area contributed by atoms with Gasteiger partial charge in [0, 0.05) is 24.8 Å². The maximum atomic E-state index is 12.1. The smallest absolute Gasteiger partial charge is 0.409 e. The van der Waals surface area contributed by atoms with E-state index in [0.29, 0.717) is 36.7 Å². The average Bonchev–Trinajstić information content (AvgIpc) is 3.07. The van der Waals surface area contributed by atoms with Crippen LogP contribution >= 0.6 is 0 Å². The van der Waals surface area contributed by atoms with Crippen LogP contribution in [0.5, 0.6) is 11.6 Å². The van der Waals surface area contributed by atoms with Crippen LogP contribution in [0.1, 0.15) is 17.5 Å². The molecular formula is C19H18N4O4. The Morgan fingerprint density at radius 3 is 3.00 bits per heavy atom. The van der Waals surface area contributed by atoms with Crippen molar-refractivity contribution in [2.75, 3.05) is 25.0 Å². The molecule has 0 radical (unpaired) electrons. The fourth-order valence-corrected chi connectivity index (χ4v) is 2.59. The number of hydrogen-bond donors (Lipinski definition) is 1. The van der Waals surface area contributed by atoms with Crippen LogP contribution in [0.4, 0.5) is 10.5 Å². The number of ether oxygens (including phenoxy) is 2. The summed E-state index contributed by atoms with van der Waals surface area (Å²) in [7, 11) is 0. The van der Waals surface area contributed by atoms with Gasteiger partial charge in [-0.3, -0.25) is 4.79 Å². The number of benzene rings is 1. The van der Waals surface area contributed by atoms with Gasteiger partial charge in [0.15, 0.2) is 0 Å². The van der Waals surface area contributed by atoms with Gasteiger partial charge in [-0.1, -0.05) is 0 Å². The molecule has 1 aromatic heterocycles. The third-order valence-corrected chi connectivity index (χ3v) is 4.03. The average molecular weight is 366 g/mol. The highest BCUT2D eigenvalue weighted by Crippen LogP contribution is 2.26. The number of pyridine rings is 1. The molecular weight excluding hydrogens is 348 g/mol. The molecule has 0 aliphatic carbocycles. The zero-order valence-electron chi connectivity index (χ0n) is 14.8. The first kappa shape index (κ1) is 18.2. The summed E-state index contributed by atoms with van der Waals surface area (Å²) in [5, 5.41) is 11.9. The van der Waals surface area contributed by atoms with E-state index in [1.165, 1.54) is 4.90 Å². The predicted molar refractivity (Wildman–Crippen MR) is 96.4 cm³/mol. The Labute approximate surface area is 156 Å². The molecule has 1 aromatic carbocycles. The Kier molecular flexibility index (Phi) is 5.52. The van der Waals surface area contributed by atoms with Gasteiger partial charge in [0.1, 0.15) is 24.0 Å². The lowest BCUT2D eigenvalue weighted by Gasteiger charge is -2.14. The molecule has 1 aliphatic heterocycles. The van der Waals surface area contributed by atoms with Crippen molar-refractivity contribution in [1.82, 2.24) is 9.88 Å². The minimum Gasteiger partial charge on any atom is -0.448 e. The number of aromatic nitrogens is 1. The maximum absolute atomic E-state index is 12.1. The quantitative estimate of drug-likeness (QED) is 0.843. The van der Waals surface area contributed by atoms with E-state index in [2.05, 4.69) is 10.3 Å². The summed E-state index contributed by atoms with van der Waals surface area (Å²) < 4.78 is 10.5. The molecule has 0 spiro atoms. The number of nitrogens with one attached hydrogen (secondary N) is 1. The first-order valence-corrected chi connectivity index (χ1v) is 8.42. The molecule has 2 heterocycles. The van der Waals surface area contributed by atoms with Gasteiger partial charge in [-0.25, -0.2) is 9.78 Å². The van der Waals surface area contributed by atoms with Gasteiger partial charge in [0.05, 0.1) is 6.54 Å². The second kappa shape index (κ2) is 8.19. The van der Waals surface area contributed by atoms with Crippen molar-refractivity contribution >= 4 is 17.7 Å². The van der Waals surface area contributed by atoms with Gasteiger partial charge in [0.2, 0.25) is 11.8 Å². The second-order valence-electron chi connectivity index (χ2n) is 5.95. The lowest BCUT2D eigenvalue weighted by atomic mass is 10.2. The zero-order chi connectivity index (χ0) is 19.2. The number of anilines is 1. The Morgan fingerprint density at radius 2 is 2.30 bits per heavy atom. The molecule has 8 nitrogen and oxygen atoms in total. The van der Waals surface area contributed by atoms with E-state index in [4.69, 9.17) is 14.7 Å². The second-order valence-corrected chi connectivity index (χ2v) is 5.95. The van der Waals surface area contributed by atoms with Crippen molar-refractivity contribution in [3.63, 3.8) is 0 Å². The monoisotopic (exact) mass is 366 g/mol. The first-order valence-electron chi connectivity index (χ1n) is 8.42. The fraction of sp³-hybridized carbons (Fsp3) is 0.263. The lowest BCUT2D eigenvalue weighted by Crippen LogP contribution is -2.28. The van der Waals surface area contributed by atoms with Gasteiger partial charge in [-0.05, 0) is 42.8 Å². The molecule has 3 rings (SSSR count). The minimum atomic E-state index is -0.383. The number of carbonyl (C=O) groups excluding carboxylic acids is 2. The number of hydrogen-bond acceptors (Lipinski definition) is 6. The minimum absolute atomic E-state index is 0.187. The standard InChI is InChI=1S/C19H18N4O4/c1-13-11-15(27-18-14(12-20)3-2-7-21-18)4-5-16(13)22-17(24)6-8-23-9-10-26-19(23)25/h2-5,7,11H,6,8-10H2,1H3,(H,22,24). The van der Waals surface area contributed by atoms with E-state index in [0.717, 1.165) is 5.56 Å². The lowest BCUT2D eigenvalue weighted by molar-refractivity contribution is -0.116. The number of amides is 2. The Morgan fingerprint density at radius 1 is 1.44 bits per heavy atom. The van der Waals surface area contributed by atoms with Crippen molar-refractivity contribution in [3.8, 4) is 17.7 Å². The van der Waals surface area contributed by atoms with Crippen molar-refractivity contribution < 1.29 is 19.1 Å². The summed E-state index contributed by atoms with van der Waals surface area (Å²) in [6, 6.07) is 10.5. The van der Waals surface area contributed by atoms with Crippen molar-refractivity contribution in [2.24, 2.45) is 0 Å². The van der Waals surface area contributed by atoms with Crippen LogP contribution in [-0.4, -0.2) is 41.6 Å². The Bertz CT molecular complexity index is 907. The normalized spacial score (nSPS) is 13.0. The molecule has 1 N–H and O–H groups in total. The van der Waals surface area contributed by atoms with Crippen LogP contribution < -0.4 is 10.1 Å². The molecule has 138 valence electrons. The zero-order valence-corrected chi connectivity index (χ0v) is 14.8. The van der Waals surface area contributed by atoms with E-state index in [1.807, 2.05) is 13.0 Å². The van der Waals surface area contributed by atoms with Crippen molar-refractivity contribution in [1.29, 1.82) is 5.26 Å². The Hall–Kier alpha value is -3.60. The highest BCUT2D eigenvalue weighted by molar-refractivity contribution is 5.91. The number of carbonyl (C=O) groups is 2. The highest BCUT2D eigenvalue weighted by Gasteiger charge is 2.22. The molecule has 1 aliphatic rings. The van der Waals surface area contributed by atoms with Crippen LogP contribution in [-0.2, 0) is 9.53 Å². The number of rotatable bonds is 6. The number of aryl methyl sites for hydroxylation is 1. The summed E-state index contributed by atoms with van der Waals surface area (Å²) in [4.78, 5) is 29.0. The molecule has 8 heteroatoms. The summed E-state index contributed by atoms with van der Waals surface area (Å²) in [6.45, 7) is 3.03. The van der Waals surface area contributed by atoms with Crippen molar-refractivity contribution in [3.05, 3.63) is 47.7 Å². The maximum Gasteiger partial charge on any atom is 0.409 e. The largest absolute Gasteiger partial charge is 0.448 e. The van der Waals surface area contributed by atoms with Crippen LogP contribution in [0.15, 0.2) is 36.5 Å². The van der Waals surface area contributed by atoms with Gasteiger partial charge in [0.25, 0.3) is 0 Å². The third kappa shape index (κ3) is 4.52. The van der Waals surface area contributed by atoms with Gasteiger partial charge in [-0.15, -0.1) is 0 Å². The van der Waals surface area contributed by atoms with Crippen molar-refractivity contribution in [2.45, 2.75) is 13.3 Å². The van der Waals surface area contributed by atoms with Gasteiger partial charge in [-0.2, -0.15) is 5.26 Å². The molecule has 27 heavy (non-hydrogen) atoms. The number of nitrogens with zero attached hydrogens (tertiary/aromatic N) is 3. The molecule has 2 aromatic rings. The fourth-order valence-electron chi connectivity index (χ4n) is 2.59. The van der Waals surface area contributed by atoms with E-state index in [-0.39, 0.29) is 24.3 Å². The summed E-state index contributed by atoms with van der Waals surface area (Å²) >= 11 is 0. The topological polar surface area (TPSA) is 105 Å². The van der Waals surface area contributed by atoms with E-state index in [9.17, 15) is 9.59 Å². The molecule has 0 saturated carbocycles. The molecule has 1 saturated heterocycles. The molecule has 2 amide bonds. The summed E-state index contributed by atoms with van der Waals surface area (Å²) in [5.74, 6) is 0.553. The SMILES string of the molecule is Cc1cc(Oc2ncccc2C#N)ccc1NC(=O)CCN1CCOC1=O. The van der Waals surface area contributed by atoms with Crippen LogP contribution in [0, 0.1) is 18.3 Å². The number of nitriles is 1. The molecule has 0 atom stereocenters. The van der Waals surface area contributed by atoms with E-state index >= 15 is 0 Å². The predicted octanol–water partition coefficient (Wildman–Crippen LogP) is 2.83. The Balaban J connectivity index is 1.60. The van der Waals surface area contributed by atoms with Crippen LogP contribution in [0.3, 0.4) is 0 Å².